The van der Waals surface area contributed by atoms with Gasteiger partial charge in [0.1, 0.15) is 6.61 Å². The molecule has 134 valence electrons. The lowest BCUT2D eigenvalue weighted by molar-refractivity contribution is 0.0940. The third-order valence-corrected chi connectivity index (χ3v) is 4.66. The SMILES string of the molecule is Cc1nccn2c(N3CCN(C(=O)OCc4ccccc4)CC3)ncc12. The maximum Gasteiger partial charge on any atom is 0.410 e. The van der Waals surface area contributed by atoms with Crippen LogP contribution in [0.4, 0.5) is 10.7 Å². The second-order valence-electron chi connectivity index (χ2n) is 6.34. The van der Waals surface area contributed by atoms with Crippen LogP contribution in [0.15, 0.2) is 48.9 Å². The average molecular weight is 351 g/mol. The summed E-state index contributed by atoms with van der Waals surface area (Å²) in [6.07, 6.45) is 5.29. The Hall–Kier alpha value is -3.09. The highest BCUT2D eigenvalue weighted by Crippen LogP contribution is 2.19. The van der Waals surface area contributed by atoms with Crippen LogP contribution in [0, 0.1) is 6.92 Å². The van der Waals surface area contributed by atoms with E-state index in [9.17, 15) is 4.79 Å². The topological polar surface area (TPSA) is 63.0 Å². The van der Waals surface area contributed by atoms with Crippen molar-refractivity contribution < 1.29 is 9.53 Å². The van der Waals surface area contributed by atoms with E-state index in [1.54, 1.807) is 11.1 Å². The maximum atomic E-state index is 12.3. The third-order valence-electron chi connectivity index (χ3n) is 4.66. The number of hydrogen-bond acceptors (Lipinski definition) is 5. The summed E-state index contributed by atoms with van der Waals surface area (Å²) in [5, 5.41) is 0. The lowest BCUT2D eigenvalue weighted by Gasteiger charge is -2.34. The predicted molar refractivity (Wildman–Crippen MR) is 98.1 cm³/mol. The van der Waals surface area contributed by atoms with Crippen LogP contribution in [-0.4, -0.2) is 51.5 Å². The normalized spacial score (nSPS) is 14.7. The van der Waals surface area contributed by atoms with Gasteiger partial charge in [-0.05, 0) is 12.5 Å². The van der Waals surface area contributed by atoms with Crippen molar-refractivity contribution in [1.29, 1.82) is 0 Å². The summed E-state index contributed by atoms with van der Waals surface area (Å²) in [7, 11) is 0. The van der Waals surface area contributed by atoms with Crippen LogP contribution in [0.25, 0.3) is 5.52 Å². The van der Waals surface area contributed by atoms with E-state index in [1.165, 1.54) is 0 Å². The first kappa shape index (κ1) is 16.4. The second-order valence-corrected chi connectivity index (χ2v) is 6.34. The zero-order chi connectivity index (χ0) is 17.9. The summed E-state index contributed by atoms with van der Waals surface area (Å²) in [5.74, 6) is 0.891. The number of amides is 1. The van der Waals surface area contributed by atoms with Crippen LogP contribution in [0.1, 0.15) is 11.3 Å². The number of aromatic nitrogens is 3. The molecule has 0 atom stereocenters. The van der Waals surface area contributed by atoms with Crippen molar-refractivity contribution in [3.63, 3.8) is 0 Å². The molecule has 1 fully saturated rings. The molecule has 1 aromatic carbocycles. The molecular weight excluding hydrogens is 330 g/mol. The van der Waals surface area contributed by atoms with E-state index in [0.29, 0.717) is 19.7 Å². The summed E-state index contributed by atoms with van der Waals surface area (Å²) >= 11 is 0. The smallest absolute Gasteiger partial charge is 0.410 e. The van der Waals surface area contributed by atoms with E-state index in [4.69, 9.17) is 4.74 Å². The number of carbonyl (C=O) groups is 1. The molecule has 2 aromatic heterocycles. The van der Waals surface area contributed by atoms with Gasteiger partial charge in [-0.25, -0.2) is 9.78 Å². The van der Waals surface area contributed by atoms with E-state index in [1.807, 2.05) is 54.0 Å². The highest BCUT2D eigenvalue weighted by atomic mass is 16.6. The molecule has 1 saturated heterocycles. The van der Waals surface area contributed by atoms with Gasteiger partial charge in [-0.1, -0.05) is 30.3 Å². The summed E-state index contributed by atoms with van der Waals surface area (Å²) in [4.78, 5) is 25.1. The van der Waals surface area contributed by atoms with Crippen molar-refractivity contribution in [2.75, 3.05) is 31.1 Å². The van der Waals surface area contributed by atoms with Gasteiger partial charge in [-0.2, -0.15) is 0 Å². The number of aryl methyl sites for hydroxylation is 1. The van der Waals surface area contributed by atoms with Crippen LogP contribution < -0.4 is 4.90 Å². The Morgan fingerprint density at radius 1 is 1.12 bits per heavy atom. The fourth-order valence-electron chi connectivity index (χ4n) is 3.18. The van der Waals surface area contributed by atoms with Crippen LogP contribution in [0.2, 0.25) is 0 Å². The van der Waals surface area contributed by atoms with Crippen LogP contribution in [0.5, 0.6) is 0 Å². The average Bonchev–Trinajstić information content (AvgIpc) is 3.12. The van der Waals surface area contributed by atoms with Crippen molar-refractivity contribution in [2.24, 2.45) is 0 Å². The first-order chi connectivity index (χ1) is 12.7. The second kappa shape index (κ2) is 7.03. The first-order valence-corrected chi connectivity index (χ1v) is 8.71. The van der Waals surface area contributed by atoms with Gasteiger partial charge in [0.05, 0.1) is 17.4 Å². The standard InChI is InChI=1S/C19H21N5O2/c1-15-17-13-21-18(24(17)8-7-20-15)22-9-11-23(12-10-22)19(25)26-14-16-5-3-2-4-6-16/h2-8,13H,9-12,14H2,1H3. The number of rotatable bonds is 3. The molecule has 1 aliphatic heterocycles. The number of ether oxygens (including phenoxy) is 1. The van der Waals surface area contributed by atoms with Crippen molar-refractivity contribution in [1.82, 2.24) is 19.3 Å². The van der Waals surface area contributed by atoms with Gasteiger partial charge in [-0.15, -0.1) is 0 Å². The number of imidazole rings is 1. The van der Waals surface area contributed by atoms with Gasteiger partial charge in [0.25, 0.3) is 0 Å². The van der Waals surface area contributed by atoms with Gasteiger partial charge >= 0.3 is 6.09 Å². The molecule has 4 rings (SSSR count). The van der Waals surface area contributed by atoms with E-state index in [-0.39, 0.29) is 6.09 Å². The van der Waals surface area contributed by atoms with Crippen LogP contribution in [-0.2, 0) is 11.3 Å². The van der Waals surface area contributed by atoms with Crippen LogP contribution in [0.3, 0.4) is 0 Å². The van der Waals surface area contributed by atoms with Gasteiger partial charge in [0, 0.05) is 38.6 Å². The highest BCUT2D eigenvalue weighted by molar-refractivity contribution is 5.68. The number of carbonyl (C=O) groups excluding carboxylic acids is 1. The Morgan fingerprint density at radius 2 is 1.88 bits per heavy atom. The summed E-state index contributed by atoms with van der Waals surface area (Å²) in [6, 6.07) is 9.72. The highest BCUT2D eigenvalue weighted by Gasteiger charge is 2.24. The zero-order valence-corrected chi connectivity index (χ0v) is 14.7. The Balaban J connectivity index is 1.36. The van der Waals surface area contributed by atoms with E-state index in [0.717, 1.165) is 35.8 Å². The van der Waals surface area contributed by atoms with E-state index < -0.39 is 0 Å². The summed E-state index contributed by atoms with van der Waals surface area (Å²) in [6.45, 7) is 4.96. The number of fused-ring (bicyclic) bond motifs is 1. The lowest BCUT2D eigenvalue weighted by Crippen LogP contribution is -2.49. The number of benzene rings is 1. The molecule has 0 N–H and O–H groups in total. The Morgan fingerprint density at radius 3 is 2.65 bits per heavy atom. The maximum absolute atomic E-state index is 12.3. The van der Waals surface area contributed by atoms with Crippen molar-refractivity contribution in [3.8, 4) is 0 Å². The molecule has 7 nitrogen and oxygen atoms in total. The lowest BCUT2D eigenvalue weighted by atomic mass is 10.2. The molecule has 7 heteroatoms. The first-order valence-electron chi connectivity index (χ1n) is 8.71. The molecule has 0 radical (unpaired) electrons. The predicted octanol–water partition coefficient (Wildman–Crippen LogP) is 2.50. The van der Waals surface area contributed by atoms with E-state index in [2.05, 4.69) is 14.9 Å². The minimum absolute atomic E-state index is 0.262. The third kappa shape index (κ3) is 3.20. The number of nitrogens with zero attached hydrogens (tertiary/aromatic N) is 5. The Bertz CT molecular complexity index is 901. The summed E-state index contributed by atoms with van der Waals surface area (Å²) in [5.41, 5.74) is 2.95. The van der Waals surface area contributed by atoms with Gasteiger partial charge < -0.3 is 14.5 Å². The number of hydrogen-bond donors (Lipinski definition) is 0. The van der Waals surface area contributed by atoms with E-state index >= 15 is 0 Å². The molecule has 0 aliphatic carbocycles. The zero-order valence-electron chi connectivity index (χ0n) is 14.7. The molecule has 0 saturated carbocycles. The minimum atomic E-state index is -0.262. The molecule has 1 aliphatic rings. The molecule has 0 spiro atoms. The molecular formula is C19H21N5O2. The minimum Gasteiger partial charge on any atom is -0.445 e. The van der Waals surface area contributed by atoms with Crippen molar-refractivity contribution in [3.05, 3.63) is 60.2 Å². The fourth-order valence-corrected chi connectivity index (χ4v) is 3.18. The Kier molecular flexibility index (Phi) is 4.43. The largest absolute Gasteiger partial charge is 0.445 e. The quantitative estimate of drug-likeness (QED) is 0.725. The molecule has 0 unspecified atom stereocenters. The molecule has 0 bridgehead atoms. The van der Waals surface area contributed by atoms with Crippen molar-refractivity contribution in [2.45, 2.75) is 13.5 Å². The molecule has 3 heterocycles. The number of piperazine rings is 1. The van der Waals surface area contributed by atoms with Crippen LogP contribution >= 0.6 is 0 Å². The molecule has 26 heavy (non-hydrogen) atoms. The fraction of sp³-hybridized carbons (Fsp3) is 0.316. The monoisotopic (exact) mass is 351 g/mol. The molecule has 3 aromatic rings. The van der Waals surface area contributed by atoms with Gasteiger partial charge in [-0.3, -0.25) is 9.38 Å². The van der Waals surface area contributed by atoms with Crippen molar-refractivity contribution >= 4 is 17.6 Å². The molecule has 1 amide bonds. The Labute approximate surface area is 151 Å². The number of anilines is 1. The van der Waals surface area contributed by atoms with Gasteiger partial charge in [0.2, 0.25) is 5.95 Å². The summed E-state index contributed by atoms with van der Waals surface area (Å²) < 4.78 is 7.47. The van der Waals surface area contributed by atoms with Gasteiger partial charge in [0.15, 0.2) is 0 Å².